The lowest BCUT2D eigenvalue weighted by Crippen LogP contribution is -2.50. The molecular formula is C14H17ClN2O4S. The summed E-state index contributed by atoms with van der Waals surface area (Å²) in [6, 6.07) is 4.83. The van der Waals surface area contributed by atoms with Crippen molar-refractivity contribution >= 4 is 27.5 Å². The van der Waals surface area contributed by atoms with Gasteiger partial charge < -0.3 is 9.64 Å². The van der Waals surface area contributed by atoms with E-state index in [9.17, 15) is 13.2 Å². The van der Waals surface area contributed by atoms with Crippen molar-refractivity contribution in [3.8, 4) is 5.75 Å². The van der Waals surface area contributed by atoms with Gasteiger partial charge in [0, 0.05) is 36.6 Å². The van der Waals surface area contributed by atoms with Gasteiger partial charge in [0.15, 0.2) is 0 Å². The monoisotopic (exact) mass is 344 g/mol. The molecule has 0 aromatic heterocycles. The number of piperazine rings is 1. The van der Waals surface area contributed by atoms with Crippen LogP contribution in [0.25, 0.3) is 0 Å². The van der Waals surface area contributed by atoms with Crippen molar-refractivity contribution in [1.82, 2.24) is 9.21 Å². The topological polar surface area (TPSA) is 66.9 Å². The minimum atomic E-state index is -3.44. The summed E-state index contributed by atoms with van der Waals surface area (Å²) in [6.07, 6.45) is 0. The number of benzene rings is 1. The normalized spacial score (nSPS) is 16.4. The summed E-state index contributed by atoms with van der Waals surface area (Å²) in [4.78, 5) is 14.1. The van der Waals surface area contributed by atoms with Crippen LogP contribution in [-0.2, 0) is 10.0 Å². The highest BCUT2D eigenvalue weighted by atomic mass is 35.5. The molecule has 0 saturated carbocycles. The summed E-state index contributed by atoms with van der Waals surface area (Å²) >= 11 is 5.93. The van der Waals surface area contributed by atoms with E-state index in [2.05, 4.69) is 6.58 Å². The molecule has 8 heteroatoms. The minimum Gasteiger partial charge on any atom is -0.496 e. The van der Waals surface area contributed by atoms with Crippen molar-refractivity contribution in [2.75, 3.05) is 33.3 Å². The zero-order chi connectivity index (χ0) is 16.3. The molecule has 120 valence electrons. The quantitative estimate of drug-likeness (QED) is 0.831. The largest absolute Gasteiger partial charge is 0.496 e. The van der Waals surface area contributed by atoms with E-state index in [0.717, 1.165) is 5.41 Å². The standard InChI is InChI=1S/C14H17ClN2O4S/c1-3-22(19,20)17-8-6-16(7-9-17)14(18)12-10-11(15)4-5-13(12)21-2/h3-5,10H,1,6-9H2,2H3. The van der Waals surface area contributed by atoms with Crippen LogP contribution in [0.5, 0.6) is 5.75 Å². The lowest BCUT2D eigenvalue weighted by Gasteiger charge is -2.33. The molecule has 0 atom stereocenters. The molecule has 22 heavy (non-hydrogen) atoms. The number of nitrogens with zero attached hydrogens (tertiary/aromatic N) is 2. The third-order valence-electron chi connectivity index (χ3n) is 3.49. The fourth-order valence-electron chi connectivity index (χ4n) is 2.27. The second kappa shape index (κ2) is 6.68. The molecular weight excluding hydrogens is 328 g/mol. The van der Waals surface area contributed by atoms with Gasteiger partial charge in [-0.05, 0) is 18.2 Å². The van der Waals surface area contributed by atoms with Crippen LogP contribution in [0, 0.1) is 0 Å². The molecule has 1 fully saturated rings. The van der Waals surface area contributed by atoms with Gasteiger partial charge in [-0.1, -0.05) is 18.2 Å². The number of halogens is 1. The molecule has 0 aliphatic carbocycles. The fraction of sp³-hybridized carbons (Fsp3) is 0.357. The maximum atomic E-state index is 12.6. The van der Waals surface area contributed by atoms with Gasteiger partial charge in [0.1, 0.15) is 5.75 Å². The van der Waals surface area contributed by atoms with Crippen LogP contribution in [0.1, 0.15) is 10.4 Å². The smallest absolute Gasteiger partial charge is 0.257 e. The van der Waals surface area contributed by atoms with Crippen molar-refractivity contribution in [2.45, 2.75) is 0 Å². The number of hydrogen-bond donors (Lipinski definition) is 0. The zero-order valence-electron chi connectivity index (χ0n) is 12.2. The number of methoxy groups -OCH3 is 1. The number of hydrogen-bond acceptors (Lipinski definition) is 4. The summed E-state index contributed by atoms with van der Waals surface area (Å²) in [5.74, 6) is 0.213. The van der Waals surface area contributed by atoms with Crippen LogP contribution in [0.15, 0.2) is 30.2 Å². The Balaban J connectivity index is 2.13. The van der Waals surface area contributed by atoms with Crippen molar-refractivity contribution in [3.05, 3.63) is 40.8 Å². The lowest BCUT2D eigenvalue weighted by molar-refractivity contribution is 0.0695. The third-order valence-corrected chi connectivity index (χ3v) is 5.23. The van der Waals surface area contributed by atoms with E-state index in [1.165, 1.54) is 11.4 Å². The molecule has 0 unspecified atom stereocenters. The molecule has 1 amide bonds. The predicted molar refractivity (Wildman–Crippen MR) is 84.6 cm³/mol. The number of ether oxygens (including phenoxy) is 1. The van der Waals surface area contributed by atoms with Crippen molar-refractivity contribution in [3.63, 3.8) is 0 Å². The van der Waals surface area contributed by atoms with Gasteiger partial charge in [0.05, 0.1) is 12.7 Å². The van der Waals surface area contributed by atoms with Crippen LogP contribution in [0.2, 0.25) is 5.02 Å². The van der Waals surface area contributed by atoms with Gasteiger partial charge in [0.2, 0.25) is 10.0 Å². The van der Waals surface area contributed by atoms with Crippen LogP contribution in [0.4, 0.5) is 0 Å². The van der Waals surface area contributed by atoms with E-state index in [1.54, 1.807) is 23.1 Å². The molecule has 0 spiro atoms. The number of carbonyl (C=O) groups is 1. The van der Waals surface area contributed by atoms with E-state index in [0.29, 0.717) is 29.4 Å². The highest BCUT2D eigenvalue weighted by molar-refractivity contribution is 7.92. The van der Waals surface area contributed by atoms with Gasteiger partial charge in [-0.15, -0.1) is 0 Å². The van der Waals surface area contributed by atoms with Crippen LogP contribution in [0.3, 0.4) is 0 Å². The van der Waals surface area contributed by atoms with Gasteiger partial charge >= 0.3 is 0 Å². The summed E-state index contributed by atoms with van der Waals surface area (Å²) in [5.41, 5.74) is 0.370. The molecule has 1 aromatic carbocycles. The Morgan fingerprint density at radius 2 is 1.95 bits per heavy atom. The maximum Gasteiger partial charge on any atom is 0.257 e. The number of sulfonamides is 1. The third kappa shape index (κ3) is 3.43. The maximum absolute atomic E-state index is 12.6. The Labute approximate surface area is 135 Å². The molecule has 2 rings (SSSR count). The Morgan fingerprint density at radius 1 is 1.32 bits per heavy atom. The van der Waals surface area contributed by atoms with Crippen molar-refractivity contribution in [1.29, 1.82) is 0 Å². The second-order valence-electron chi connectivity index (χ2n) is 4.75. The Bertz CT molecular complexity index is 682. The zero-order valence-corrected chi connectivity index (χ0v) is 13.7. The van der Waals surface area contributed by atoms with E-state index in [4.69, 9.17) is 16.3 Å². The van der Waals surface area contributed by atoms with Crippen molar-refractivity contribution in [2.24, 2.45) is 0 Å². The molecule has 0 N–H and O–H groups in total. The summed E-state index contributed by atoms with van der Waals surface area (Å²) < 4.78 is 29.9. The first-order valence-electron chi connectivity index (χ1n) is 6.64. The van der Waals surface area contributed by atoms with Crippen LogP contribution < -0.4 is 4.74 Å². The number of rotatable bonds is 4. The van der Waals surface area contributed by atoms with Crippen LogP contribution >= 0.6 is 11.6 Å². The molecule has 1 aliphatic rings. The molecule has 1 heterocycles. The van der Waals surface area contributed by atoms with Crippen molar-refractivity contribution < 1.29 is 17.9 Å². The van der Waals surface area contributed by atoms with E-state index < -0.39 is 10.0 Å². The first-order valence-corrected chi connectivity index (χ1v) is 8.52. The molecule has 6 nitrogen and oxygen atoms in total. The van der Waals surface area contributed by atoms with Gasteiger partial charge in [-0.2, -0.15) is 4.31 Å². The molecule has 1 aromatic rings. The summed E-state index contributed by atoms with van der Waals surface area (Å²) in [5, 5.41) is 1.36. The Kier molecular flexibility index (Phi) is 5.10. The first-order chi connectivity index (χ1) is 10.4. The lowest BCUT2D eigenvalue weighted by atomic mass is 10.1. The predicted octanol–water partition coefficient (Wildman–Crippen LogP) is 1.58. The average Bonchev–Trinajstić information content (AvgIpc) is 2.54. The molecule has 0 radical (unpaired) electrons. The minimum absolute atomic E-state index is 0.227. The van der Waals surface area contributed by atoms with Gasteiger partial charge in [0.25, 0.3) is 5.91 Å². The van der Waals surface area contributed by atoms with Gasteiger partial charge in [-0.3, -0.25) is 4.79 Å². The molecule has 1 saturated heterocycles. The highest BCUT2D eigenvalue weighted by Gasteiger charge is 2.28. The van der Waals surface area contributed by atoms with E-state index in [-0.39, 0.29) is 19.0 Å². The average molecular weight is 345 g/mol. The fourth-order valence-corrected chi connectivity index (χ4v) is 3.32. The number of amides is 1. The molecule has 1 aliphatic heterocycles. The van der Waals surface area contributed by atoms with Gasteiger partial charge in [-0.25, -0.2) is 8.42 Å². The summed E-state index contributed by atoms with van der Waals surface area (Å²) in [6.45, 7) is 4.39. The number of carbonyl (C=O) groups excluding carboxylic acids is 1. The Morgan fingerprint density at radius 3 is 2.50 bits per heavy atom. The first kappa shape index (κ1) is 16.8. The van der Waals surface area contributed by atoms with E-state index >= 15 is 0 Å². The SMILES string of the molecule is C=CS(=O)(=O)N1CCN(C(=O)c2cc(Cl)ccc2OC)CC1. The highest BCUT2D eigenvalue weighted by Crippen LogP contribution is 2.24. The summed E-state index contributed by atoms with van der Waals surface area (Å²) in [7, 11) is -1.96. The second-order valence-corrected chi connectivity index (χ2v) is 7.06. The molecule has 0 bridgehead atoms. The van der Waals surface area contributed by atoms with E-state index in [1.807, 2.05) is 0 Å². The van der Waals surface area contributed by atoms with Crippen LogP contribution in [-0.4, -0.2) is 56.8 Å². The Hall–Kier alpha value is -1.57.